The number of rotatable bonds is 5. The van der Waals surface area contributed by atoms with E-state index in [4.69, 9.17) is 5.11 Å². The van der Waals surface area contributed by atoms with E-state index in [1.165, 1.54) is 6.20 Å². The molecule has 0 spiro atoms. The molecule has 0 bridgehead atoms. The van der Waals surface area contributed by atoms with Crippen molar-refractivity contribution >= 4 is 11.9 Å². The van der Waals surface area contributed by atoms with Crippen LogP contribution in [-0.4, -0.2) is 27.6 Å². The van der Waals surface area contributed by atoms with Gasteiger partial charge in [-0.2, -0.15) is 0 Å². The molecule has 1 aliphatic carbocycles. The third-order valence-corrected chi connectivity index (χ3v) is 2.68. The van der Waals surface area contributed by atoms with Gasteiger partial charge in [0.1, 0.15) is 0 Å². The molecule has 5 nitrogen and oxygen atoms in total. The normalized spacial score (nSPS) is 15.0. The molecule has 0 atom stereocenters. The van der Waals surface area contributed by atoms with Gasteiger partial charge in [0.2, 0.25) is 5.95 Å². The standard InChI is InChI=1S/C12H17N3O2/c1-7(2)5-13-12-14-6-9(11(16)17)10(15-12)8-3-4-8/h6-8H,3-5H2,1-2H3,(H,16,17)(H,13,14,15). The molecular weight excluding hydrogens is 218 g/mol. The van der Waals surface area contributed by atoms with Crippen LogP contribution in [0.5, 0.6) is 0 Å². The topological polar surface area (TPSA) is 75.1 Å². The Balaban J connectivity index is 2.20. The third kappa shape index (κ3) is 2.93. The molecule has 5 heteroatoms. The summed E-state index contributed by atoms with van der Waals surface area (Å²) in [5, 5.41) is 12.2. The average molecular weight is 235 g/mol. The lowest BCUT2D eigenvalue weighted by Crippen LogP contribution is -2.13. The number of carboxylic acid groups (broad SMARTS) is 1. The Morgan fingerprint density at radius 2 is 2.29 bits per heavy atom. The van der Waals surface area contributed by atoms with Gasteiger partial charge in [-0.25, -0.2) is 14.8 Å². The second-order valence-corrected chi connectivity index (χ2v) is 4.85. The van der Waals surface area contributed by atoms with Gasteiger partial charge in [-0.1, -0.05) is 13.8 Å². The van der Waals surface area contributed by atoms with E-state index in [1.54, 1.807) is 0 Å². The van der Waals surface area contributed by atoms with Gasteiger partial charge in [0.25, 0.3) is 0 Å². The second kappa shape index (κ2) is 4.69. The predicted octanol–water partition coefficient (Wildman–Crippen LogP) is 2.12. The summed E-state index contributed by atoms with van der Waals surface area (Å²) in [6.07, 6.45) is 3.47. The van der Waals surface area contributed by atoms with E-state index in [9.17, 15) is 4.79 Å². The van der Waals surface area contributed by atoms with Crippen LogP contribution < -0.4 is 5.32 Å². The van der Waals surface area contributed by atoms with Crippen LogP contribution in [0.2, 0.25) is 0 Å². The van der Waals surface area contributed by atoms with E-state index in [-0.39, 0.29) is 5.56 Å². The van der Waals surface area contributed by atoms with Crippen molar-refractivity contribution in [3.8, 4) is 0 Å². The molecule has 1 aromatic rings. The fourth-order valence-corrected chi connectivity index (χ4v) is 1.61. The minimum Gasteiger partial charge on any atom is -0.478 e. The smallest absolute Gasteiger partial charge is 0.339 e. The first-order valence-corrected chi connectivity index (χ1v) is 5.92. The van der Waals surface area contributed by atoms with E-state index in [2.05, 4.69) is 29.1 Å². The van der Waals surface area contributed by atoms with Gasteiger partial charge in [0.05, 0.1) is 11.3 Å². The number of carboxylic acids is 1. The summed E-state index contributed by atoms with van der Waals surface area (Å²) in [6, 6.07) is 0. The van der Waals surface area contributed by atoms with Crippen molar-refractivity contribution < 1.29 is 9.90 Å². The molecule has 2 N–H and O–H groups in total. The van der Waals surface area contributed by atoms with Crippen molar-refractivity contribution in [2.75, 3.05) is 11.9 Å². The highest BCUT2D eigenvalue weighted by Gasteiger charge is 2.30. The summed E-state index contributed by atoms with van der Waals surface area (Å²) in [5.74, 6) is 0.402. The molecule has 2 rings (SSSR count). The number of hydrogen-bond acceptors (Lipinski definition) is 4. The van der Waals surface area contributed by atoms with E-state index < -0.39 is 5.97 Å². The molecule has 0 unspecified atom stereocenters. The van der Waals surface area contributed by atoms with Crippen molar-refractivity contribution in [3.05, 3.63) is 17.5 Å². The average Bonchev–Trinajstić information content (AvgIpc) is 3.09. The van der Waals surface area contributed by atoms with Crippen LogP contribution >= 0.6 is 0 Å². The molecule has 1 fully saturated rings. The molecule has 0 saturated heterocycles. The second-order valence-electron chi connectivity index (χ2n) is 4.85. The fraction of sp³-hybridized carbons (Fsp3) is 0.583. The zero-order valence-electron chi connectivity index (χ0n) is 10.1. The van der Waals surface area contributed by atoms with Crippen molar-refractivity contribution in [2.24, 2.45) is 5.92 Å². The van der Waals surface area contributed by atoms with Gasteiger partial charge in [-0.3, -0.25) is 0 Å². The molecule has 0 aliphatic heterocycles. The molecule has 1 aliphatic rings. The zero-order chi connectivity index (χ0) is 12.4. The van der Waals surface area contributed by atoms with Gasteiger partial charge < -0.3 is 10.4 Å². The van der Waals surface area contributed by atoms with Gasteiger partial charge in [0, 0.05) is 18.7 Å². The number of hydrogen-bond donors (Lipinski definition) is 2. The lowest BCUT2D eigenvalue weighted by molar-refractivity contribution is 0.0694. The van der Waals surface area contributed by atoms with Crippen LogP contribution in [-0.2, 0) is 0 Å². The SMILES string of the molecule is CC(C)CNc1ncc(C(=O)O)c(C2CC2)n1. The zero-order valence-corrected chi connectivity index (χ0v) is 10.1. The van der Waals surface area contributed by atoms with E-state index in [0.717, 1.165) is 19.4 Å². The Hall–Kier alpha value is -1.65. The third-order valence-electron chi connectivity index (χ3n) is 2.68. The molecule has 0 radical (unpaired) electrons. The molecule has 0 amide bonds. The highest BCUT2D eigenvalue weighted by Crippen LogP contribution is 2.40. The summed E-state index contributed by atoms with van der Waals surface area (Å²) in [6.45, 7) is 4.98. The first kappa shape index (κ1) is 11.8. The number of anilines is 1. The number of aromatic carboxylic acids is 1. The van der Waals surface area contributed by atoms with Crippen LogP contribution in [0.3, 0.4) is 0 Å². The molecule has 1 heterocycles. The Morgan fingerprint density at radius 1 is 1.59 bits per heavy atom. The summed E-state index contributed by atoms with van der Waals surface area (Å²) < 4.78 is 0. The molecule has 1 saturated carbocycles. The summed E-state index contributed by atoms with van der Waals surface area (Å²) in [4.78, 5) is 19.4. The van der Waals surface area contributed by atoms with Crippen molar-refractivity contribution in [2.45, 2.75) is 32.6 Å². The van der Waals surface area contributed by atoms with Gasteiger partial charge in [0.15, 0.2) is 0 Å². The van der Waals surface area contributed by atoms with Crippen LogP contribution in [0.25, 0.3) is 0 Å². The first-order valence-electron chi connectivity index (χ1n) is 5.92. The number of nitrogens with one attached hydrogen (secondary N) is 1. The Morgan fingerprint density at radius 3 is 2.82 bits per heavy atom. The number of aromatic nitrogens is 2. The lowest BCUT2D eigenvalue weighted by atomic mass is 10.1. The quantitative estimate of drug-likeness (QED) is 0.817. The van der Waals surface area contributed by atoms with E-state index in [1.807, 2.05) is 0 Å². The van der Waals surface area contributed by atoms with Gasteiger partial charge >= 0.3 is 5.97 Å². The predicted molar refractivity (Wildman–Crippen MR) is 64.3 cm³/mol. The fourth-order valence-electron chi connectivity index (χ4n) is 1.61. The maximum atomic E-state index is 11.0. The summed E-state index contributed by atoms with van der Waals surface area (Å²) >= 11 is 0. The number of nitrogens with zero attached hydrogens (tertiary/aromatic N) is 2. The van der Waals surface area contributed by atoms with Crippen LogP contribution in [0.1, 0.15) is 48.7 Å². The van der Waals surface area contributed by atoms with E-state index >= 15 is 0 Å². The Kier molecular flexibility index (Phi) is 3.26. The maximum Gasteiger partial charge on any atom is 0.339 e. The van der Waals surface area contributed by atoms with Crippen LogP contribution in [0.4, 0.5) is 5.95 Å². The summed E-state index contributed by atoms with van der Waals surface area (Å²) in [5.41, 5.74) is 0.918. The molecule has 1 aromatic heterocycles. The lowest BCUT2D eigenvalue weighted by Gasteiger charge is -2.09. The highest BCUT2D eigenvalue weighted by atomic mass is 16.4. The molecule has 92 valence electrons. The van der Waals surface area contributed by atoms with Crippen molar-refractivity contribution in [1.29, 1.82) is 0 Å². The van der Waals surface area contributed by atoms with Crippen molar-refractivity contribution in [1.82, 2.24) is 9.97 Å². The Labute approximate surface area is 100 Å². The molecular formula is C12H17N3O2. The van der Waals surface area contributed by atoms with Gasteiger partial charge in [-0.15, -0.1) is 0 Å². The van der Waals surface area contributed by atoms with E-state index in [0.29, 0.717) is 23.5 Å². The number of carbonyl (C=O) groups is 1. The minimum absolute atomic E-state index is 0.239. The molecule has 17 heavy (non-hydrogen) atoms. The van der Waals surface area contributed by atoms with Gasteiger partial charge in [-0.05, 0) is 18.8 Å². The Bertz CT molecular complexity index is 428. The monoisotopic (exact) mass is 235 g/mol. The first-order chi connectivity index (χ1) is 8.08. The minimum atomic E-state index is -0.942. The molecule has 0 aromatic carbocycles. The largest absolute Gasteiger partial charge is 0.478 e. The van der Waals surface area contributed by atoms with Crippen LogP contribution in [0, 0.1) is 5.92 Å². The highest BCUT2D eigenvalue weighted by molar-refractivity contribution is 5.89. The maximum absolute atomic E-state index is 11.0. The van der Waals surface area contributed by atoms with Crippen molar-refractivity contribution in [3.63, 3.8) is 0 Å². The van der Waals surface area contributed by atoms with Crippen LogP contribution in [0.15, 0.2) is 6.20 Å². The summed E-state index contributed by atoms with van der Waals surface area (Å²) in [7, 11) is 0.